The van der Waals surface area contributed by atoms with Crippen molar-refractivity contribution < 1.29 is 19.0 Å². The predicted molar refractivity (Wildman–Crippen MR) is 141 cm³/mol. The highest BCUT2D eigenvalue weighted by molar-refractivity contribution is 7.21. The summed E-state index contributed by atoms with van der Waals surface area (Å²) in [5.41, 5.74) is 3.80. The van der Waals surface area contributed by atoms with Gasteiger partial charge in [0.15, 0.2) is 11.5 Å². The third-order valence-electron chi connectivity index (χ3n) is 6.13. The number of nitrogens with zero attached hydrogens (tertiary/aromatic N) is 2. The van der Waals surface area contributed by atoms with Gasteiger partial charge in [0.25, 0.3) is 5.91 Å². The molecule has 0 unspecified atom stereocenters. The van der Waals surface area contributed by atoms with Gasteiger partial charge in [0, 0.05) is 17.3 Å². The van der Waals surface area contributed by atoms with Gasteiger partial charge in [-0.15, -0.1) is 0 Å². The Hall–Kier alpha value is -3.53. The quantitative estimate of drug-likeness (QED) is 0.353. The molecule has 0 aliphatic carbocycles. The number of carbonyl (C=O) groups excluding carboxylic acids is 1. The molecule has 0 bridgehead atoms. The van der Waals surface area contributed by atoms with Crippen molar-refractivity contribution in [2.45, 2.75) is 25.6 Å². The molecule has 2 aromatic heterocycles. The Balaban J connectivity index is 1.35. The Labute approximate surface area is 213 Å². The monoisotopic (exact) mass is 504 g/mol. The van der Waals surface area contributed by atoms with Gasteiger partial charge in [0.1, 0.15) is 15.4 Å². The highest BCUT2D eigenvalue weighted by Crippen LogP contribution is 2.35. The molecule has 0 radical (unpaired) electrons. The van der Waals surface area contributed by atoms with Crippen molar-refractivity contribution in [3.8, 4) is 22.1 Å². The van der Waals surface area contributed by atoms with Crippen LogP contribution in [0.25, 0.3) is 20.9 Å². The van der Waals surface area contributed by atoms with Gasteiger partial charge in [0.05, 0.1) is 32.6 Å². The lowest BCUT2D eigenvalue weighted by Gasteiger charge is -2.22. The van der Waals surface area contributed by atoms with Crippen LogP contribution >= 0.6 is 11.3 Å². The maximum atomic E-state index is 13.0. The third kappa shape index (κ3) is 5.33. The number of carbonyl (C=O) groups is 1. The Morgan fingerprint density at radius 2 is 1.89 bits per heavy atom. The van der Waals surface area contributed by atoms with Crippen molar-refractivity contribution in [1.82, 2.24) is 15.3 Å². The fourth-order valence-electron chi connectivity index (χ4n) is 4.19. The molecule has 8 nitrogen and oxygen atoms in total. The number of anilines is 1. The first kappa shape index (κ1) is 24.2. The zero-order valence-corrected chi connectivity index (χ0v) is 21.1. The van der Waals surface area contributed by atoms with Crippen molar-refractivity contribution in [3.63, 3.8) is 0 Å². The predicted octanol–water partition coefficient (Wildman–Crippen LogP) is 4.90. The highest BCUT2D eigenvalue weighted by Gasteiger charge is 2.17. The lowest BCUT2D eigenvalue weighted by atomic mass is 10.1. The Kier molecular flexibility index (Phi) is 7.41. The second kappa shape index (κ2) is 11.0. The number of ether oxygens (including phenoxy) is 3. The molecule has 1 saturated heterocycles. The van der Waals surface area contributed by atoms with E-state index in [0.29, 0.717) is 29.4 Å². The maximum absolute atomic E-state index is 13.0. The van der Waals surface area contributed by atoms with Crippen LogP contribution in [-0.2, 0) is 11.3 Å². The largest absolute Gasteiger partial charge is 0.493 e. The van der Waals surface area contributed by atoms with Gasteiger partial charge in [-0.25, -0.2) is 9.97 Å². The molecule has 9 heteroatoms. The normalized spacial score (nSPS) is 14.1. The summed E-state index contributed by atoms with van der Waals surface area (Å²) in [5, 5.41) is 7.15. The summed E-state index contributed by atoms with van der Waals surface area (Å²) in [4.78, 5) is 23.3. The first-order chi connectivity index (χ1) is 17.6. The molecular formula is C27H28N4O4S. The number of thiazole rings is 1. The number of benzene rings is 2. The molecule has 1 amide bonds. The van der Waals surface area contributed by atoms with Crippen molar-refractivity contribution >= 4 is 33.3 Å². The summed E-state index contributed by atoms with van der Waals surface area (Å²) >= 11 is 1.49. The first-order valence-corrected chi connectivity index (χ1v) is 12.7. The van der Waals surface area contributed by atoms with E-state index in [1.807, 2.05) is 36.5 Å². The zero-order chi connectivity index (χ0) is 24.9. The number of hydrogen-bond acceptors (Lipinski definition) is 8. The van der Waals surface area contributed by atoms with Crippen LogP contribution in [0, 0.1) is 0 Å². The van der Waals surface area contributed by atoms with E-state index in [1.54, 1.807) is 32.4 Å². The molecule has 1 fully saturated rings. The minimum atomic E-state index is -0.250. The van der Waals surface area contributed by atoms with Gasteiger partial charge >= 0.3 is 0 Å². The maximum Gasteiger partial charge on any atom is 0.255 e. The van der Waals surface area contributed by atoms with E-state index in [9.17, 15) is 4.79 Å². The summed E-state index contributed by atoms with van der Waals surface area (Å²) in [7, 11) is 3.10. The minimum Gasteiger partial charge on any atom is -0.493 e. The second-order valence-electron chi connectivity index (χ2n) is 8.52. The number of pyridine rings is 1. The van der Waals surface area contributed by atoms with E-state index in [-0.39, 0.29) is 12.0 Å². The molecule has 2 aromatic carbocycles. The van der Waals surface area contributed by atoms with Crippen molar-refractivity contribution in [2.75, 3.05) is 32.6 Å². The molecule has 1 aliphatic heterocycles. The van der Waals surface area contributed by atoms with Crippen LogP contribution in [0.2, 0.25) is 0 Å². The van der Waals surface area contributed by atoms with Crippen molar-refractivity contribution in [3.05, 3.63) is 65.9 Å². The molecule has 2 N–H and O–H groups in total. The topological polar surface area (TPSA) is 94.6 Å². The fraction of sp³-hybridized carbons (Fsp3) is 0.296. The number of para-hydroxylation sites is 1. The van der Waals surface area contributed by atoms with Crippen LogP contribution in [0.3, 0.4) is 0 Å². The summed E-state index contributed by atoms with van der Waals surface area (Å²) in [6.07, 6.45) is 4.20. The standard InChI is InChI=1S/C27H28N4O4S/c1-33-23-8-7-18(14-24(23)34-2)25(32)30-21-6-4-3-5-20(21)26-31-22-13-17(15-29-27(22)36-26)16-35-19-9-11-28-12-10-19/h3-8,13-15,19,28H,9-12,16H2,1-2H3,(H,30,32). The lowest BCUT2D eigenvalue weighted by molar-refractivity contribution is 0.0211. The van der Waals surface area contributed by atoms with Gasteiger partial charge in [-0.05, 0) is 67.9 Å². The zero-order valence-electron chi connectivity index (χ0n) is 20.2. The molecule has 1 aliphatic rings. The Bertz CT molecular complexity index is 1370. The minimum absolute atomic E-state index is 0.250. The molecule has 0 spiro atoms. The molecule has 0 saturated carbocycles. The molecule has 4 aromatic rings. The number of methoxy groups -OCH3 is 2. The van der Waals surface area contributed by atoms with Crippen LogP contribution in [0.4, 0.5) is 5.69 Å². The number of hydrogen-bond donors (Lipinski definition) is 2. The van der Waals surface area contributed by atoms with Gasteiger partial charge in [-0.1, -0.05) is 23.5 Å². The van der Waals surface area contributed by atoms with Crippen molar-refractivity contribution in [2.24, 2.45) is 0 Å². The average Bonchev–Trinajstić information content (AvgIpc) is 3.35. The van der Waals surface area contributed by atoms with Crippen LogP contribution in [0.1, 0.15) is 28.8 Å². The summed E-state index contributed by atoms with van der Waals surface area (Å²) < 4.78 is 16.7. The number of aromatic nitrogens is 2. The van der Waals surface area contributed by atoms with Crippen LogP contribution in [-0.4, -0.2) is 49.3 Å². The van der Waals surface area contributed by atoms with E-state index in [1.165, 1.54) is 11.3 Å². The third-order valence-corrected chi connectivity index (χ3v) is 7.14. The molecular weight excluding hydrogens is 476 g/mol. The summed E-state index contributed by atoms with van der Waals surface area (Å²) in [5.74, 6) is 0.813. The van der Waals surface area contributed by atoms with Crippen LogP contribution in [0.5, 0.6) is 11.5 Å². The lowest BCUT2D eigenvalue weighted by Crippen LogP contribution is -2.32. The summed E-state index contributed by atoms with van der Waals surface area (Å²) in [6, 6.07) is 14.7. The molecule has 3 heterocycles. The van der Waals surface area contributed by atoms with Crippen molar-refractivity contribution in [1.29, 1.82) is 0 Å². The van der Waals surface area contributed by atoms with Gasteiger partial charge < -0.3 is 24.8 Å². The van der Waals surface area contributed by atoms with Gasteiger partial charge in [-0.2, -0.15) is 0 Å². The van der Waals surface area contributed by atoms with E-state index in [2.05, 4.69) is 15.6 Å². The highest BCUT2D eigenvalue weighted by atomic mass is 32.1. The average molecular weight is 505 g/mol. The summed E-state index contributed by atoms with van der Waals surface area (Å²) in [6.45, 7) is 2.52. The van der Waals surface area contributed by atoms with Gasteiger partial charge in [-0.3, -0.25) is 4.79 Å². The molecule has 5 rings (SSSR count). The van der Waals surface area contributed by atoms with E-state index in [0.717, 1.165) is 52.4 Å². The van der Waals surface area contributed by atoms with E-state index in [4.69, 9.17) is 19.2 Å². The number of piperidine rings is 1. The number of fused-ring (bicyclic) bond motifs is 1. The smallest absolute Gasteiger partial charge is 0.255 e. The number of rotatable bonds is 8. The molecule has 0 atom stereocenters. The van der Waals surface area contributed by atoms with Crippen LogP contribution in [0.15, 0.2) is 54.7 Å². The first-order valence-electron chi connectivity index (χ1n) is 11.8. The fourth-order valence-corrected chi connectivity index (χ4v) is 5.12. The number of amides is 1. The Morgan fingerprint density at radius 3 is 2.69 bits per heavy atom. The number of nitrogens with one attached hydrogen (secondary N) is 2. The van der Waals surface area contributed by atoms with Crippen LogP contribution < -0.4 is 20.1 Å². The van der Waals surface area contributed by atoms with E-state index < -0.39 is 0 Å². The molecule has 36 heavy (non-hydrogen) atoms. The van der Waals surface area contributed by atoms with Gasteiger partial charge in [0.2, 0.25) is 0 Å². The second-order valence-corrected chi connectivity index (χ2v) is 9.49. The Morgan fingerprint density at radius 1 is 1.08 bits per heavy atom. The van der Waals surface area contributed by atoms with E-state index >= 15 is 0 Å². The molecule has 186 valence electrons. The SMILES string of the molecule is COc1ccc(C(=O)Nc2ccccc2-c2nc3cc(COC4CCNCC4)cnc3s2)cc1OC.